The van der Waals surface area contributed by atoms with Crippen LogP contribution in [-0.4, -0.2) is 49.0 Å². The van der Waals surface area contributed by atoms with Crippen LogP contribution < -0.4 is 10.2 Å². The van der Waals surface area contributed by atoms with Crippen molar-refractivity contribution in [3.63, 3.8) is 0 Å². The topological polar surface area (TPSA) is 51.4 Å². The van der Waals surface area contributed by atoms with E-state index in [9.17, 15) is 9.18 Å². The number of hydrogen-bond acceptors (Lipinski definition) is 3. The van der Waals surface area contributed by atoms with Gasteiger partial charge in [0.05, 0.1) is 6.04 Å². The zero-order chi connectivity index (χ0) is 21.4. The number of aromatic nitrogens is 1. The summed E-state index contributed by atoms with van der Waals surface area (Å²) in [6, 6.07) is 10.6. The van der Waals surface area contributed by atoms with E-state index in [-0.39, 0.29) is 17.8 Å². The van der Waals surface area contributed by atoms with Crippen molar-refractivity contribution in [2.24, 2.45) is 0 Å². The van der Waals surface area contributed by atoms with Gasteiger partial charge in [0, 0.05) is 48.3 Å². The lowest BCUT2D eigenvalue weighted by Gasteiger charge is -2.36. The van der Waals surface area contributed by atoms with Gasteiger partial charge in [-0.15, -0.1) is 0 Å². The fraction of sp³-hybridized carbons (Fsp3) is 0.375. The minimum atomic E-state index is -0.322. The minimum absolute atomic E-state index is 0.190. The van der Waals surface area contributed by atoms with Gasteiger partial charge < -0.3 is 20.1 Å². The molecule has 0 bridgehead atoms. The molecule has 1 atom stereocenters. The van der Waals surface area contributed by atoms with Gasteiger partial charge in [-0.3, -0.25) is 4.79 Å². The fourth-order valence-electron chi connectivity index (χ4n) is 4.28. The lowest BCUT2D eigenvalue weighted by atomic mass is 10.0. The van der Waals surface area contributed by atoms with Crippen LogP contribution in [0.1, 0.15) is 40.1 Å². The number of nitrogens with zero attached hydrogens (tertiary/aromatic N) is 2. The minimum Gasteiger partial charge on any atom is -0.369 e. The monoisotopic (exact) mass is 408 g/mol. The molecule has 1 aliphatic rings. The lowest BCUT2D eigenvalue weighted by molar-refractivity contribution is 0.0935. The summed E-state index contributed by atoms with van der Waals surface area (Å²) in [6.07, 6.45) is 0. The van der Waals surface area contributed by atoms with Crippen molar-refractivity contribution in [2.45, 2.75) is 26.8 Å². The number of anilines is 1. The molecule has 2 heterocycles. The number of amides is 1. The highest BCUT2D eigenvalue weighted by Crippen LogP contribution is 2.29. The van der Waals surface area contributed by atoms with Crippen LogP contribution in [-0.2, 0) is 0 Å². The zero-order valence-electron chi connectivity index (χ0n) is 18.1. The first-order valence-electron chi connectivity index (χ1n) is 10.5. The van der Waals surface area contributed by atoms with E-state index in [1.807, 2.05) is 39.0 Å². The van der Waals surface area contributed by atoms with Crippen LogP contribution in [0.2, 0.25) is 0 Å². The number of nitrogens with one attached hydrogen (secondary N) is 2. The Hall–Kier alpha value is -2.86. The van der Waals surface area contributed by atoms with Crippen LogP contribution in [0.4, 0.5) is 10.1 Å². The Bertz CT molecular complexity index is 1080. The number of likely N-dealkylation sites (N-methyl/N-ethyl adjacent to an activating group) is 1. The Kier molecular flexibility index (Phi) is 5.52. The molecule has 2 N–H and O–H groups in total. The molecule has 0 radical (unpaired) electrons. The third-order valence-corrected chi connectivity index (χ3v) is 5.98. The number of benzene rings is 2. The van der Waals surface area contributed by atoms with Crippen LogP contribution >= 0.6 is 0 Å². The summed E-state index contributed by atoms with van der Waals surface area (Å²) >= 11 is 0. The van der Waals surface area contributed by atoms with E-state index < -0.39 is 0 Å². The van der Waals surface area contributed by atoms with E-state index in [0.717, 1.165) is 59.5 Å². The standard InChI is InChI=1S/C24H29FN4O/c1-15-11-16(2)19-14-22(27-21(19)12-15)24(30)26-17(3)20-13-18(25)5-6-23(20)29-9-7-28(4)8-10-29/h5-6,11-14,17,27H,7-10H2,1-4H3,(H,26,30). The summed E-state index contributed by atoms with van der Waals surface area (Å²) in [5, 5.41) is 4.09. The molecule has 30 heavy (non-hydrogen) atoms. The van der Waals surface area contributed by atoms with Crippen LogP contribution in [0, 0.1) is 19.7 Å². The number of piperazine rings is 1. The summed E-state index contributed by atoms with van der Waals surface area (Å²) in [5.74, 6) is -0.481. The molecule has 0 aliphatic carbocycles. The van der Waals surface area contributed by atoms with Crippen molar-refractivity contribution in [2.75, 3.05) is 38.1 Å². The van der Waals surface area contributed by atoms with Crippen molar-refractivity contribution in [3.05, 3.63) is 64.6 Å². The number of carbonyl (C=O) groups is 1. The molecule has 1 unspecified atom stereocenters. The first-order valence-corrected chi connectivity index (χ1v) is 10.5. The third kappa shape index (κ3) is 4.05. The van der Waals surface area contributed by atoms with Crippen molar-refractivity contribution in [1.82, 2.24) is 15.2 Å². The molecule has 3 aromatic rings. The molecule has 5 nitrogen and oxygen atoms in total. The number of halogens is 1. The molecule has 1 amide bonds. The van der Waals surface area contributed by atoms with Crippen molar-refractivity contribution in [1.29, 1.82) is 0 Å². The van der Waals surface area contributed by atoms with Gasteiger partial charge in [-0.1, -0.05) is 6.07 Å². The number of rotatable bonds is 4. The average molecular weight is 409 g/mol. The molecule has 2 aromatic carbocycles. The number of carbonyl (C=O) groups excluding carboxylic acids is 1. The summed E-state index contributed by atoms with van der Waals surface area (Å²) in [6.45, 7) is 9.69. The van der Waals surface area contributed by atoms with E-state index in [0.29, 0.717) is 5.69 Å². The van der Waals surface area contributed by atoms with Gasteiger partial charge in [0.25, 0.3) is 5.91 Å². The molecule has 4 rings (SSSR count). The van der Waals surface area contributed by atoms with Crippen LogP contribution in [0.15, 0.2) is 36.4 Å². The van der Waals surface area contributed by atoms with Gasteiger partial charge in [0.2, 0.25) is 0 Å². The average Bonchev–Trinajstić information content (AvgIpc) is 3.13. The molecule has 1 aromatic heterocycles. The maximum Gasteiger partial charge on any atom is 0.268 e. The van der Waals surface area contributed by atoms with Crippen molar-refractivity contribution in [3.8, 4) is 0 Å². The number of hydrogen-bond donors (Lipinski definition) is 2. The smallest absolute Gasteiger partial charge is 0.268 e. The largest absolute Gasteiger partial charge is 0.369 e. The number of aryl methyl sites for hydroxylation is 2. The Labute approximate surface area is 176 Å². The Morgan fingerprint density at radius 1 is 1.10 bits per heavy atom. The van der Waals surface area contributed by atoms with E-state index >= 15 is 0 Å². The lowest BCUT2D eigenvalue weighted by Crippen LogP contribution is -2.45. The number of fused-ring (bicyclic) bond motifs is 1. The first kappa shape index (κ1) is 20.4. The first-order chi connectivity index (χ1) is 14.3. The Balaban J connectivity index is 1.58. The quantitative estimate of drug-likeness (QED) is 0.681. The van der Waals surface area contributed by atoms with Crippen LogP contribution in [0.3, 0.4) is 0 Å². The van der Waals surface area contributed by atoms with Gasteiger partial charge in [0.15, 0.2) is 0 Å². The zero-order valence-corrected chi connectivity index (χ0v) is 18.1. The van der Waals surface area contributed by atoms with E-state index in [2.05, 4.69) is 33.2 Å². The second-order valence-electron chi connectivity index (χ2n) is 8.41. The van der Waals surface area contributed by atoms with Crippen molar-refractivity contribution < 1.29 is 9.18 Å². The van der Waals surface area contributed by atoms with E-state index in [4.69, 9.17) is 0 Å². The van der Waals surface area contributed by atoms with Gasteiger partial charge in [-0.25, -0.2) is 4.39 Å². The summed E-state index contributed by atoms with van der Waals surface area (Å²) < 4.78 is 14.1. The summed E-state index contributed by atoms with van der Waals surface area (Å²) in [7, 11) is 2.11. The predicted octanol–water partition coefficient (Wildman–Crippen LogP) is 4.17. The molecule has 158 valence electrons. The maximum atomic E-state index is 14.1. The molecule has 0 spiro atoms. The van der Waals surface area contributed by atoms with Crippen molar-refractivity contribution >= 4 is 22.5 Å². The maximum absolute atomic E-state index is 14.1. The summed E-state index contributed by atoms with van der Waals surface area (Å²) in [5.41, 5.74) is 5.54. The number of H-pyrrole nitrogens is 1. The van der Waals surface area contributed by atoms with Gasteiger partial charge in [-0.2, -0.15) is 0 Å². The highest BCUT2D eigenvalue weighted by molar-refractivity contribution is 5.99. The molecule has 6 heteroatoms. The normalized spacial score (nSPS) is 16.1. The molecular weight excluding hydrogens is 379 g/mol. The van der Waals surface area contributed by atoms with Crippen LogP contribution in [0.5, 0.6) is 0 Å². The predicted molar refractivity (Wildman–Crippen MR) is 120 cm³/mol. The van der Waals surface area contributed by atoms with Gasteiger partial charge in [-0.05, 0) is 69.3 Å². The van der Waals surface area contributed by atoms with E-state index in [1.165, 1.54) is 12.1 Å². The second kappa shape index (κ2) is 8.11. The molecule has 1 aliphatic heterocycles. The highest BCUT2D eigenvalue weighted by Gasteiger charge is 2.22. The van der Waals surface area contributed by atoms with Gasteiger partial charge >= 0.3 is 0 Å². The summed E-state index contributed by atoms with van der Waals surface area (Å²) in [4.78, 5) is 20.7. The Morgan fingerprint density at radius 2 is 1.83 bits per heavy atom. The SMILES string of the molecule is Cc1cc(C)c2cc(C(=O)NC(C)c3cc(F)ccc3N3CCN(C)CC3)[nH]c2c1. The molecule has 1 saturated heterocycles. The molecule has 0 saturated carbocycles. The molecular formula is C24H29FN4O. The van der Waals surface area contributed by atoms with E-state index in [1.54, 1.807) is 0 Å². The van der Waals surface area contributed by atoms with Crippen LogP contribution in [0.25, 0.3) is 10.9 Å². The third-order valence-electron chi connectivity index (χ3n) is 5.98. The fourth-order valence-corrected chi connectivity index (χ4v) is 4.28. The number of aromatic amines is 1. The second-order valence-corrected chi connectivity index (χ2v) is 8.41. The molecule has 1 fully saturated rings. The highest BCUT2D eigenvalue weighted by atomic mass is 19.1. The van der Waals surface area contributed by atoms with Gasteiger partial charge in [0.1, 0.15) is 11.5 Å². The Morgan fingerprint density at radius 3 is 2.57 bits per heavy atom.